The van der Waals surface area contributed by atoms with Crippen LogP contribution in [-0.4, -0.2) is 24.8 Å². The van der Waals surface area contributed by atoms with Gasteiger partial charge in [0.2, 0.25) is 11.8 Å². The molecule has 9 heteroatoms. The summed E-state index contributed by atoms with van der Waals surface area (Å²) in [7, 11) is -3.97. The SMILES string of the molecule is CC(=O)Nc1c(C#N)c(-c2ccccc2)cn1-c1ccc(S(=O)(=O)NC(C)=O)cc1. The fraction of sp³-hybridized carbons (Fsp3) is 0.0952. The molecule has 2 aromatic carbocycles. The van der Waals surface area contributed by atoms with E-state index >= 15 is 0 Å². The third-order valence-electron chi connectivity index (χ3n) is 4.20. The van der Waals surface area contributed by atoms with Crippen LogP contribution in [0.15, 0.2) is 65.7 Å². The molecule has 2 N–H and O–H groups in total. The van der Waals surface area contributed by atoms with Crippen LogP contribution in [0.3, 0.4) is 0 Å². The maximum Gasteiger partial charge on any atom is 0.264 e. The normalized spacial score (nSPS) is 10.8. The maximum atomic E-state index is 12.2. The van der Waals surface area contributed by atoms with Crippen LogP contribution in [0.2, 0.25) is 0 Å². The Labute approximate surface area is 173 Å². The Hall–Kier alpha value is -3.90. The average molecular weight is 422 g/mol. The number of rotatable bonds is 5. The minimum absolute atomic E-state index is 0.0847. The summed E-state index contributed by atoms with van der Waals surface area (Å²) in [5.41, 5.74) is 2.23. The van der Waals surface area contributed by atoms with Gasteiger partial charge in [-0.05, 0) is 29.8 Å². The number of carbonyl (C=O) groups is 2. The molecule has 0 saturated carbocycles. The van der Waals surface area contributed by atoms with Crippen LogP contribution in [0.1, 0.15) is 19.4 Å². The van der Waals surface area contributed by atoms with Gasteiger partial charge in [0.05, 0.1) is 4.90 Å². The smallest absolute Gasteiger partial charge is 0.264 e. The molecular formula is C21H18N4O4S. The molecule has 0 atom stereocenters. The lowest BCUT2D eigenvalue weighted by Gasteiger charge is -2.11. The summed E-state index contributed by atoms with van der Waals surface area (Å²) in [4.78, 5) is 22.8. The van der Waals surface area contributed by atoms with Crippen molar-refractivity contribution in [3.05, 3.63) is 66.4 Å². The molecule has 0 spiro atoms. The Bertz CT molecular complexity index is 1250. The number of nitriles is 1. The molecule has 1 heterocycles. The molecule has 0 bridgehead atoms. The van der Waals surface area contributed by atoms with Gasteiger partial charge in [0, 0.05) is 31.3 Å². The number of sulfonamides is 1. The minimum Gasteiger partial charge on any atom is -0.311 e. The van der Waals surface area contributed by atoms with Crippen molar-refractivity contribution in [3.63, 3.8) is 0 Å². The zero-order valence-electron chi connectivity index (χ0n) is 16.2. The molecule has 0 unspecified atom stereocenters. The number of aromatic nitrogens is 1. The summed E-state index contributed by atoms with van der Waals surface area (Å²) in [5, 5.41) is 12.4. The highest BCUT2D eigenvalue weighted by Gasteiger charge is 2.20. The monoisotopic (exact) mass is 422 g/mol. The van der Waals surface area contributed by atoms with Gasteiger partial charge in [-0.1, -0.05) is 30.3 Å². The summed E-state index contributed by atoms with van der Waals surface area (Å²) < 4.78 is 27.8. The zero-order chi connectivity index (χ0) is 21.9. The van der Waals surface area contributed by atoms with Gasteiger partial charge < -0.3 is 9.88 Å². The first kappa shape index (κ1) is 20.8. The molecule has 0 aliphatic heterocycles. The topological polar surface area (TPSA) is 121 Å². The number of anilines is 1. The first-order chi connectivity index (χ1) is 14.2. The fourth-order valence-electron chi connectivity index (χ4n) is 2.98. The van der Waals surface area contributed by atoms with E-state index in [9.17, 15) is 23.3 Å². The fourth-order valence-corrected chi connectivity index (χ4v) is 3.97. The number of nitrogens with zero attached hydrogens (tertiary/aromatic N) is 2. The van der Waals surface area contributed by atoms with Crippen LogP contribution in [0.4, 0.5) is 5.82 Å². The van der Waals surface area contributed by atoms with E-state index in [4.69, 9.17) is 0 Å². The number of carbonyl (C=O) groups excluding carboxylic acids is 2. The number of benzene rings is 2. The van der Waals surface area contributed by atoms with Crippen molar-refractivity contribution in [1.82, 2.24) is 9.29 Å². The number of amides is 2. The quantitative estimate of drug-likeness (QED) is 0.655. The third-order valence-corrected chi connectivity index (χ3v) is 5.65. The van der Waals surface area contributed by atoms with Crippen molar-refractivity contribution in [2.75, 3.05) is 5.32 Å². The molecular weight excluding hydrogens is 404 g/mol. The second-order valence-corrected chi connectivity index (χ2v) is 8.13. The first-order valence-electron chi connectivity index (χ1n) is 8.85. The molecule has 3 aromatic rings. The predicted octanol–water partition coefficient (Wildman–Crippen LogP) is 2.80. The lowest BCUT2D eigenvalue weighted by molar-refractivity contribution is -0.117. The largest absolute Gasteiger partial charge is 0.311 e. The van der Waals surface area contributed by atoms with Gasteiger partial charge in [-0.15, -0.1) is 0 Å². The number of nitrogens with one attached hydrogen (secondary N) is 2. The zero-order valence-corrected chi connectivity index (χ0v) is 17.0. The van der Waals surface area contributed by atoms with Gasteiger partial charge in [-0.3, -0.25) is 9.59 Å². The molecule has 0 aliphatic rings. The summed E-state index contributed by atoms with van der Waals surface area (Å²) in [6.45, 7) is 2.45. The summed E-state index contributed by atoms with van der Waals surface area (Å²) >= 11 is 0. The highest BCUT2D eigenvalue weighted by Crippen LogP contribution is 2.33. The predicted molar refractivity (Wildman–Crippen MR) is 111 cm³/mol. The second-order valence-electron chi connectivity index (χ2n) is 6.45. The van der Waals surface area contributed by atoms with Crippen LogP contribution in [0.5, 0.6) is 0 Å². The van der Waals surface area contributed by atoms with E-state index in [0.29, 0.717) is 11.3 Å². The number of hydrogen-bond acceptors (Lipinski definition) is 5. The van der Waals surface area contributed by atoms with Gasteiger partial charge in [0.25, 0.3) is 10.0 Å². The molecule has 0 aliphatic carbocycles. The van der Waals surface area contributed by atoms with Crippen LogP contribution in [0, 0.1) is 11.3 Å². The van der Waals surface area contributed by atoms with E-state index < -0.39 is 15.9 Å². The van der Waals surface area contributed by atoms with Crippen molar-refractivity contribution in [2.24, 2.45) is 0 Å². The van der Waals surface area contributed by atoms with E-state index in [2.05, 4.69) is 11.4 Å². The molecule has 0 saturated heterocycles. The van der Waals surface area contributed by atoms with Gasteiger partial charge in [-0.25, -0.2) is 13.1 Å². The third kappa shape index (κ3) is 4.24. The van der Waals surface area contributed by atoms with Crippen molar-refractivity contribution in [3.8, 4) is 22.9 Å². The van der Waals surface area contributed by atoms with Crippen molar-refractivity contribution < 1.29 is 18.0 Å². The van der Waals surface area contributed by atoms with E-state index in [0.717, 1.165) is 12.5 Å². The summed E-state index contributed by atoms with van der Waals surface area (Å²) in [6.07, 6.45) is 1.70. The standard InChI is InChI=1S/C21H18N4O4S/c1-14(26)23-21-19(12-22)20(16-6-4-3-5-7-16)13-25(21)17-8-10-18(11-9-17)30(28,29)24-15(2)27/h3-11,13H,1-2H3,(H,23,26)(H,24,27). The minimum atomic E-state index is -3.97. The van der Waals surface area contributed by atoms with E-state index in [1.165, 1.54) is 31.2 Å². The van der Waals surface area contributed by atoms with Gasteiger partial charge in [-0.2, -0.15) is 5.26 Å². The Balaban J connectivity index is 2.13. The van der Waals surface area contributed by atoms with Gasteiger partial charge >= 0.3 is 0 Å². The van der Waals surface area contributed by atoms with Crippen molar-refractivity contribution in [2.45, 2.75) is 18.7 Å². The molecule has 1 aromatic heterocycles. The highest BCUT2D eigenvalue weighted by molar-refractivity contribution is 7.90. The Morgan fingerprint density at radius 2 is 1.60 bits per heavy atom. The van der Waals surface area contributed by atoms with Crippen LogP contribution >= 0.6 is 0 Å². The Morgan fingerprint density at radius 3 is 2.13 bits per heavy atom. The van der Waals surface area contributed by atoms with Gasteiger partial charge in [0.1, 0.15) is 17.5 Å². The van der Waals surface area contributed by atoms with E-state index in [1.54, 1.807) is 10.8 Å². The van der Waals surface area contributed by atoms with Crippen LogP contribution < -0.4 is 10.0 Å². The van der Waals surface area contributed by atoms with Crippen LogP contribution in [0.25, 0.3) is 16.8 Å². The molecule has 0 fully saturated rings. The summed E-state index contributed by atoms with van der Waals surface area (Å²) in [5.74, 6) is -0.764. The Kier molecular flexibility index (Phi) is 5.71. The van der Waals surface area contributed by atoms with E-state index in [1.807, 2.05) is 35.1 Å². The summed E-state index contributed by atoms with van der Waals surface area (Å²) in [6, 6.07) is 17.1. The van der Waals surface area contributed by atoms with E-state index in [-0.39, 0.29) is 22.2 Å². The first-order valence-corrected chi connectivity index (χ1v) is 10.3. The second kappa shape index (κ2) is 8.23. The highest BCUT2D eigenvalue weighted by atomic mass is 32.2. The molecule has 2 amide bonds. The van der Waals surface area contributed by atoms with Crippen molar-refractivity contribution >= 4 is 27.7 Å². The molecule has 0 radical (unpaired) electrons. The number of hydrogen-bond donors (Lipinski definition) is 2. The lowest BCUT2D eigenvalue weighted by Crippen LogP contribution is -2.28. The molecule has 8 nitrogen and oxygen atoms in total. The maximum absolute atomic E-state index is 12.2. The van der Waals surface area contributed by atoms with Crippen molar-refractivity contribution in [1.29, 1.82) is 5.26 Å². The Morgan fingerprint density at radius 1 is 0.967 bits per heavy atom. The molecule has 3 rings (SSSR count). The van der Waals surface area contributed by atoms with Gasteiger partial charge in [0.15, 0.2) is 0 Å². The molecule has 152 valence electrons. The average Bonchev–Trinajstić information content (AvgIpc) is 3.05. The lowest BCUT2D eigenvalue weighted by atomic mass is 10.1. The van der Waals surface area contributed by atoms with Crippen LogP contribution in [-0.2, 0) is 19.6 Å². The molecule has 30 heavy (non-hydrogen) atoms.